The highest BCUT2D eigenvalue weighted by molar-refractivity contribution is 5.71. The number of carbonyl (C=O) groups excluding carboxylic acids is 3. The third kappa shape index (κ3) is 66.5. The quantitative estimate of drug-likeness (QED) is 0.0261. The van der Waals surface area contributed by atoms with Gasteiger partial charge in [0.05, 0.1) is 0 Å². The van der Waals surface area contributed by atoms with Crippen LogP contribution in [0.15, 0.2) is 122 Å². The van der Waals surface area contributed by atoms with E-state index in [-0.39, 0.29) is 31.1 Å². The molecule has 462 valence electrons. The second kappa shape index (κ2) is 68.3. The molecule has 0 rings (SSSR count). The topological polar surface area (TPSA) is 78.9 Å². The lowest BCUT2D eigenvalue weighted by molar-refractivity contribution is -0.167. The van der Waals surface area contributed by atoms with Crippen LogP contribution in [0.3, 0.4) is 0 Å². The molecule has 0 aliphatic carbocycles. The van der Waals surface area contributed by atoms with Gasteiger partial charge in [-0.25, -0.2) is 0 Å². The lowest BCUT2D eigenvalue weighted by Gasteiger charge is -2.18. The van der Waals surface area contributed by atoms with Crippen LogP contribution in [0.4, 0.5) is 0 Å². The van der Waals surface area contributed by atoms with E-state index in [9.17, 15) is 14.4 Å². The molecule has 81 heavy (non-hydrogen) atoms. The van der Waals surface area contributed by atoms with Crippen molar-refractivity contribution in [2.45, 2.75) is 322 Å². The second-order valence-electron chi connectivity index (χ2n) is 22.4. The number of hydrogen-bond acceptors (Lipinski definition) is 6. The highest BCUT2D eigenvalue weighted by Crippen LogP contribution is 2.16. The third-order valence-corrected chi connectivity index (χ3v) is 14.5. The van der Waals surface area contributed by atoms with Crippen molar-refractivity contribution in [3.8, 4) is 0 Å². The summed E-state index contributed by atoms with van der Waals surface area (Å²) in [6, 6.07) is 0. The third-order valence-electron chi connectivity index (χ3n) is 14.5. The number of unbranched alkanes of at least 4 members (excludes halogenated alkanes) is 30. The lowest BCUT2D eigenvalue weighted by atomic mass is 10.1. The zero-order valence-corrected chi connectivity index (χ0v) is 53.0. The Morgan fingerprint density at radius 1 is 0.259 bits per heavy atom. The first-order chi connectivity index (χ1) is 40.0. The fourth-order valence-electron chi connectivity index (χ4n) is 9.37. The number of hydrogen-bond donors (Lipinski definition) is 0. The molecular formula is C75H126O6. The molecule has 0 spiro atoms. The molecule has 0 aliphatic rings. The maximum absolute atomic E-state index is 12.9. The van der Waals surface area contributed by atoms with Crippen LogP contribution in [0.25, 0.3) is 0 Å². The Bertz CT molecular complexity index is 1670. The fraction of sp³-hybridized carbons (Fsp3) is 0.693. The van der Waals surface area contributed by atoms with Crippen molar-refractivity contribution < 1.29 is 28.6 Å². The Morgan fingerprint density at radius 2 is 0.481 bits per heavy atom. The van der Waals surface area contributed by atoms with Gasteiger partial charge < -0.3 is 14.2 Å². The summed E-state index contributed by atoms with van der Waals surface area (Å²) in [5, 5.41) is 0. The fourth-order valence-corrected chi connectivity index (χ4v) is 9.37. The van der Waals surface area contributed by atoms with Crippen molar-refractivity contribution in [1.29, 1.82) is 0 Å². The molecule has 0 heterocycles. The molecule has 0 amide bonds. The van der Waals surface area contributed by atoms with Crippen molar-refractivity contribution in [3.05, 3.63) is 122 Å². The molecule has 0 bridgehead atoms. The van der Waals surface area contributed by atoms with Crippen molar-refractivity contribution in [2.24, 2.45) is 0 Å². The Hall–Kier alpha value is -4.19. The molecule has 0 N–H and O–H groups in total. The number of ether oxygens (including phenoxy) is 3. The average Bonchev–Trinajstić information content (AvgIpc) is 3.47. The van der Waals surface area contributed by atoms with Gasteiger partial charge in [-0.1, -0.05) is 303 Å². The standard InChI is InChI=1S/C75H126O6/c1-4-7-10-13-16-19-22-24-26-28-30-32-33-34-35-36-37-38-39-40-41-43-44-46-48-50-53-56-59-62-65-68-74(77)80-71-72(70-79-73(76)67-64-61-58-55-52-21-18-15-12-9-6-3)81-75(78)69-66-63-60-57-54-51-49-47-45-42-31-29-27-25-23-20-17-14-11-8-5-2/h7,10,16,19,23-26,29-32,34-35,37-38,40-41,44,46,72H,4-6,8-9,11-15,17-18,20-22,27-28,33,36,39,42-43,45,47-71H2,1-3H3/b10-7-,19-16-,25-23-,26-24-,31-29-,32-30-,35-34-,38-37-,41-40-,46-44-. The summed E-state index contributed by atoms with van der Waals surface area (Å²) in [6.07, 6.45) is 95.0. The minimum atomic E-state index is -0.789. The highest BCUT2D eigenvalue weighted by atomic mass is 16.6. The highest BCUT2D eigenvalue weighted by Gasteiger charge is 2.19. The molecule has 0 aromatic heterocycles. The maximum atomic E-state index is 12.9. The minimum absolute atomic E-state index is 0.0835. The monoisotopic (exact) mass is 1120 g/mol. The van der Waals surface area contributed by atoms with Gasteiger partial charge in [0.2, 0.25) is 0 Å². The first-order valence-electron chi connectivity index (χ1n) is 34.0. The first-order valence-corrected chi connectivity index (χ1v) is 34.0. The van der Waals surface area contributed by atoms with E-state index in [1.54, 1.807) is 0 Å². The van der Waals surface area contributed by atoms with Crippen LogP contribution in [-0.4, -0.2) is 37.2 Å². The zero-order valence-electron chi connectivity index (χ0n) is 53.0. The van der Waals surface area contributed by atoms with Gasteiger partial charge in [0.15, 0.2) is 6.10 Å². The molecule has 1 atom stereocenters. The molecule has 6 nitrogen and oxygen atoms in total. The first kappa shape index (κ1) is 76.8. The van der Waals surface area contributed by atoms with E-state index in [4.69, 9.17) is 14.2 Å². The van der Waals surface area contributed by atoms with Gasteiger partial charge in [-0.3, -0.25) is 14.4 Å². The Kier molecular flexibility index (Phi) is 64.8. The molecule has 0 aliphatic heterocycles. The molecule has 1 unspecified atom stereocenters. The summed E-state index contributed by atoms with van der Waals surface area (Å²) in [7, 11) is 0. The van der Waals surface area contributed by atoms with Crippen LogP contribution >= 0.6 is 0 Å². The van der Waals surface area contributed by atoms with Crippen LogP contribution in [0, 0.1) is 0 Å². The van der Waals surface area contributed by atoms with Crippen LogP contribution in [0.2, 0.25) is 0 Å². The van der Waals surface area contributed by atoms with Crippen molar-refractivity contribution >= 4 is 17.9 Å². The summed E-state index contributed by atoms with van der Waals surface area (Å²) in [4.78, 5) is 38.3. The SMILES string of the molecule is CC/C=C\C/C=C\C/C=C\C/C=C\C/C=C\C/C=C\C/C=C\C/C=C\CCCCCCCCC(=O)OCC(COC(=O)CCCCCCCCCCCCC)OC(=O)CCCCCCCCCCC/C=C\C/C=C\CCCCCCC. The molecule has 0 saturated heterocycles. The molecule has 0 fully saturated rings. The minimum Gasteiger partial charge on any atom is -0.462 e. The van der Waals surface area contributed by atoms with Crippen LogP contribution in [0.5, 0.6) is 0 Å². The smallest absolute Gasteiger partial charge is 0.306 e. The summed E-state index contributed by atoms with van der Waals surface area (Å²) >= 11 is 0. The predicted octanol–water partition coefficient (Wildman–Crippen LogP) is 23.6. The van der Waals surface area contributed by atoms with E-state index in [2.05, 4.69) is 142 Å². The van der Waals surface area contributed by atoms with Gasteiger partial charge in [-0.05, 0) is 116 Å². The van der Waals surface area contributed by atoms with Crippen LogP contribution < -0.4 is 0 Å². The Balaban J connectivity index is 4.30. The van der Waals surface area contributed by atoms with E-state index in [0.717, 1.165) is 128 Å². The largest absolute Gasteiger partial charge is 0.462 e. The summed E-state index contributed by atoms with van der Waals surface area (Å²) < 4.78 is 16.9. The number of esters is 3. The zero-order chi connectivity index (χ0) is 58.5. The van der Waals surface area contributed by atoms with Gasteiger partial charge >= 0.3 is 17.9 Å². The van der Waals surface area contributed by atoms with E-state index < -0.39 is 6.10 Å². The van der Waals surface area contributed by atoms with E-state index in [1.807, 2.05) is 0 Å². The Labute approximate surface area is 501 Å². The number of carbonyl (C=O) groups is 3. The summed E-state index contributed by atoms with van der Waals surface area (Å²) in [5.74, 6) is -0.896. The van der Waals surface area contributed by atoms with Gasteiger partial charge in [-0.15, -0.1) is 0 Å². The van der Waals surface area contributed by atoms with Gasteiger partial charge in [-0.2, -0.15) is 0 Å². The summed E-state index contributed by atoms with van der Waals surface area (Å²) in [6.45, 7) is 6.51. The molecule has 0 aromatic rings. The molecule has 0 saturated carbocycles. The summed E-state index contributed by atoms with van der Waals surface area (Å²) in [5.41, 5.74) is 0. The van der Waals surface area contributed by atoms with Gasteiger partial charge in [0.1, 0.15) is 13.2 Å². The van der Waals surface area contributed by atoms with E-state index in [0.29, 0.717) is 19.3 Å². The van der Waals surface area contributed by atoms with Crippen molar-refractivity contribution in [3.63, 3.8) is 0 Å². The van der Waals surface area contributed by atoms with Crippen LogP contribution in [-0.2, 0) is 28.6 Å². The van der Waals surface area contributed by atoms with E-state index in [1.165, 1.54) is 148 Å². The molecular weight excluding hydrogens is 997 g/mol. The number of rotatable bonds is 61. The Morgan fingerprint density at radius 3 is 0.753 bits per heavy atom. The predicted molar refractivity (Wildman–Crippen MR) is 353 cm³/mol. The van der Waals surface area contributed by atoms with Crippen LogP contribution in [0.1, 0.15) is 316 Å². The normalized spacial score (nSPS) is 12.9. The van der Waals surface area contributed by atoms with E-state index >= 15 is 0 Å². The number of allylic oxidation sites excluding steroid dienone is 20. The average molecular weight is 1120 g/mol. The molecule has 6 heteroatoms. The van der Waals surface area contributed by atoms with Gasteiger partial charge in [0.25, 0.3) is 0 Å². The van der Waals surface area contributed by atoms with Crippen molar-refractivity contribution in [2.75, 3.05) is 13.2 Å². The van der Waals surface area contributed by atoms with Gasteiger partial charge in [0, 0.05) is 19.3 Å². The van der Waals surface area contributed by atoms with Crippen molar-refractivity contribution in [1.82, 2.24) is 0 Å². The second-order valence-corrected chi connectivity index (χ2v) is 22.4. The molecule has 0 radical (unpaired) electrons. The molecule has 0 aromatic carbocycles. The maximum Gasteiger partial charge on any atom is 0.306 e. The lowest BCUT2D eigenvalue weighted by Crippen LogP contribution is -2.30.